The van der Waals surface area contributed by atoms with Crippen LogP contribution in [0.25, 0.3) is 10.8 Å². The molecule has 0 fully saturated rings. The molecule has 5 heteroatoms. The lowest BCUT2D eigenvalue weighted by molar-refractivity contribution is -0.885. The molecule has 2 N–H and O–H groups in total. The molecule has 3 aromatic rings. The second-order valence-corrected chi connectivity index (χ2v) is 7.59. The number of quaternary nitrogens is 1. The summed E-state index contributed by atoms with van der Waals surface area (Å²) < 4.78 is 11.0. The number of likely N-dealkylation sites (N-methyl/N-ethyl adjacent to an activating group) is 1. The van der Waals surface area contributed by atoms with Crippen molar-refractivity contribution in [2.24, 2.45) is 0 Å². The van der Waals surface area contributed by atoms with Crippen molar-refractivity contribution in [3.8, 4) is 11.5 Å². The third-order valence-electron chi connectivity index (χ3n) is 5.16. The van der Waals surface area contributed by atoms with Gasteiger partial charge >= 0.3 is 0 Å². The highest BCUT2D eigenvalue weighted by Crippen LogP contribution is 2.27. The number of nitrogens with one attached hydrogen (secondary N) is 2. The van der Waals surface area contributed by atoms with Gasteiger partial charge in [0.2, 0.25) is 0 Å². The van der Waals surface area contributed by atoms with Crippen LogP contribution in [-0.2, 0) is 11.3 Å². The van der Waals surface area contributed by atoms with Gasteiger partial charge in [-0.15, -0.1) is 0 Å². The molecule has 3 aromatic carbocycles. The predicted octanol–water partition coefficient (Wildman–Crippen LogP) is 3.14. The topological polar surface area (TPSA) is 52.0 Å². The third kappa shape index (κ3) is 5.30. The van der Waals surface area contributed by atoms with Crippen LogP contribution in [0.4, 0.5) is 0 Å². The van der Waals surface area contributed by atoms with Crippen molar-refractivity contribution >= 4 is 16.7 Å². The fourth-order valence-electron chi connectivity index (χ4n) is 3.78. The van der Waals surface area contributed by atoms with Gasteiger partial charge in [-0.2, -0.15) is 0 Å². The summed E-state index contributed by atoms with van der Waals surface area (Å²) in [5.41, 5.74) is 2.23. The van der Waals surface area contributed by atoms with Crippen LogP contribution in [-0.4, -0.2) is 33.2 Å². The highest BCUT2D eigenvalue weighted by atomic mass is 16.5. The molecule has 30 heavy (non-hydrogen) atoms. The van der Waals surface area contributed by atoms with Gasteiger partial charge in [0.15, 0.2) is 18.0 Å². The van der Waals surface area contributed by atoms with Gasteiger partial charge in [0.05, 0.1) is 26.8 Å². The fraction of sp³-hybridized carbons (Fsp3) is 0.320. The molecule has 0 aliphatic rings. The molecule has 1 unspecified atom stereocenters. The maximum Gasteiger partial charge on any atom is 0.275 e. The van der Waals surface area contributed by atoms with Crippen molar-refractivity contribution in [3.05, 3.63) is 71.8 Å². The Morgan fingerprint density at radius 2 is 1.83 bits per heavy atom. The van der Waals surface area contributed by atoms with E-state index in [0.29, 0.717) is 13.2 Å². The zero-order valence-corrected chi connectivity index (χ0v) is 18.2. The minimum Gasteiger partial charge on any atom is -0.493 e. The van der Waals surface area contributed by atoms with Crippen LogP contribution in [0.3, 0.4) is 0 Å². The standard InChI is InChI=1S/C25H30N2O3/c1-5-30-23-14-13-19(15-24(23)29-4)16-27(3)17-25(28)26-18(2)21-12-8-10-20-9-6-7-11-22(20)21/h6-15,18H,5,16-17H2,1-4H3,(H,26,28)/p+1/t18-/m1/s1. The number of methoxy groups -OCH3 is 1. The first kappa shape index (κ1) is 21.7. The molecule has 3 rings (SSSR count). The molecule has 0 aliphatic carbocycles. The van der Waals surface area contributed by atoms with E-state index in [1.165, 1.54) is 10.8 Å². The summed E-state index contributed by atoms with van der Waals surface area (Å²) in [6, 6.07) is 20.3. The molecule has 0 heterocycles. The highest BCUT2D eigenvalue weighted by Gasteiger charge is 2.16. The maximum absolute atomic E-state index is 12.6. The first-order chi connectivity index (χ1) is 14.5. The Morgan fingerprint density at radius 3 is 2.60 bits per heavy atom. The maximum atomic E-state index is 12.6. The van der Waals surface area contributed by atoms with E-state index >= 15 is 0 Å². The number of carbonyl (C=O) groups excluding carboxylic acids is 1. The van der Waals surface area contributed by atoms with Crippen LogP contribution < -0.4 is 19.7 Å². The van der Waals surface area contributed by atoms with Crippen molar-refractivity contribution in [1.29, 1.82) is 0 Å². The summed E-state index contributed by atoms with van der Waals surface area (Å²) in [6.45, 7) is 5.69. The van der Waals surface area contributed by atoms with Gasteiger partial charge in [0.1, 0.15) is 6.54 Å². The van der Waals surface area contributed by atoms with Crippen molar-refractivity contribution < 1.29 is 19.2 Å². The number of hydrogen-bond acceptors (Lipinski definition) is 3. The number of carbonyl (C=O) groups is 1. The second kappa shape index (κ2) is 10.1. The molecular weight excluding hydrogens is 376 g/mol. The van der Waals surface area contributed by atoms with Crippen LogP contribution in [0.15, 0.2) is 60.7 Å². The molecule has 1 amide bonds. The zero-order valence-electron chi connectivity index (χ0n) is 18.2. The smallest absolute Gasteiger partial charge is 0.275 e. The van der Waals surface area contributed by atoms with E-state index in [1.54, 1.807) is 7.11 Å². The number of rotatable bonds is 9. The molecule has 0 saturated carbocycles. The highest BCUT2D eigenvalue weighted by molar-refractivity contribution is 5.87. The summed E-state index contributed by atoms with van der Waals surface area (Å²) in [6.07, 6.45) is 0. The predicted molar refractivity (Wildman–Crippen MR) is 120 cm³/mol. The number of ether oxygens (including phenoxy) is 2. The van der Waals surface area contributed by atoms with Gasteiger partial charge in [0, 0.05) is 5.56 Å². The molecule has 0 aliphatic heterocycles. The Morgan fingerprint density at radius 1 is 1.07 bits per heavy atom. The summed E-state index contributed by atoms with van der Waals surface area (Å²) in [5.74, 6) is 1.49. The van der Waals surface area contributed by atoms with Crippen molar-refractivity contribution in [2.75, 3.05) is 27.3 Å². The van der Waals surface area contributed by atoms with Gasteiger partial charge in [-0.05, 0) is 48.4 Å². The van der Waals surface area contributed by atoms with Crippen LogP contribution in [0.5, 0.6) is 11.5 Å². The minimum absolute atomic E-state index is 0.0332. The number of hydrogen-bond donors (Lipinski definition) is 2. The zero-order chi connectivity index (χ0) is 21.5. The molecular formula is C25H31N2O3+. The van der Waals surface area contributed by atoms with E-state index in [0.717, 1.165) is 34.1 Å². The van der Waals surface area contributed by atoms with Gasteiger partial charge in [-0.25, -0.2) is 0 Å². The van der Waals surface area contributed by atoms with Crippen molar-refractivity contribution in [3.63, 3.8) is 0 Å². The Kier molecular flexibility index (Phi) is 7.31. The molecule has 158 valence electrons. The third-order valence-corrected chi connectivity index (χ3v) is 5.16. The Labute approximate surface area is 178 Å². The molecule has 0 saturated heterocycles. The minimum atomic E-state index is -0.0537. The number of amides is 1. The van der Waals surface area contributed by atoms with Gasteiger partial charge in [0.25, 0.3) is 5.91 Å². The molecule has 0 radical (unpaired) electrons. The lowest BCUT2D eigenvalue weighted by atomic mass is 10.00. The second-order valence-electron chi connectivity index (χ2n) is 7.59. The van der Waals surface area contributed by atoms with Crippen LogP contribution in [0.1, 0.15) is 31.0 Å². The molecule has 5 nitrogen and oxygen atoms in total. The summed E-state index contributed by atoms with van der Waals surface area (Å²) >= 11 is 0. The number of benzene rings is 3. The normalized spacial score (nSPS) is 12.9. The average Bonchev–Trinajstić information content (AvgIpc) is 2.74. The van der Waals surface area contributed by atoms with E-state index in [9.17, 15) is 4.79 Å². The van der Waals surface area contributed by atoms with Gasteiger partial charge < -0.3 is 19.7 Å². The lowest BCUT2D eigenvalue weighted by Gasteiger charge is -2.19. The lowest BCUT2D eigenvalue weighted by Crippen LogP contribution is -3.08. The first-order valence-corrected chi connectivity index (χ1v) is 10.4. The largest absolute Gasteiger partial charge is 0.493 e. The van der Waals surface area contributed by atoms with E-state index < -0.39 is 0 Å². The first-order valence-electron chi connectivity index (χ1n) is 10.4. The Hall–Kier alpha value is -3.05. The Balaban J connectivity index is 1.60. The summed E-state index contributed by atoms with van der Waals surface area (Å²) in [5, 5.41) is 5.51. The molecule has 2 atom stereocenters. The molecule has 0 aromatic heterocycles. The van der Waals surface area contributed by atoms with Crippen molar-refractivity contribution in [1.82, 2.24) is 5.32 Å². The van der Waals surface area contributed by atoms with E-state index in [-0.39, 0.29) is 11.9 Å². The quantitative estimate of drug-likeness (QED) is 0.573. The van der Waals surface area contributed by atoms with E-state index in [4.69, 9.17) is 9.47 Å². The van der Waals surface area contributed by atoms with E-state index in [1.807, 2.05) is 57.3 Å². The summed E-state index contributed by atoms with van der Waals surface area (Å²) in [7, 11) is 3.66. The molecule has 0 spiro atoms. The summed E-state index contributed by atoms with van der Waals surface area (Å²) in [4.78, 5) is 13.8. The fourth-order valence-corrected chi connectivity index (χ4v) is 3.78. The van der Waals surface area contributed by atoms with Crippen LogP contribution in [0, 0.1) is 0 Å². The van der Waals surface area contributed by atoms with Gasteiger partial charge in [-0.3, -0.25) is 4.79 Å². The van der Waals surface area contributed by atoms with Gasteiger partial charge in [-0.1, -0.05) is 42.5 Å². The number of fused-ring (bicyclic) bond motifs is 1. The Bertz CT molecular complexity index is 997. The molecule has 0 bridgehead atoms. The van der Waals surface area contributed by atoms with Crippen LogP contribution >= 0.6 is 0 Å². The SMILES string of the molecule is CCOc1ccc(C[NH+](C)CC(=O)N[C@H](C)c2cccc3ccccc23)cc1OC. The average molecular weight is 408 g/mol. The monoisotopic (exact) mass is 407 g/mol. The van der Waals surface area contributed by atoms with Crippen LogP contribution in [0.2, 0.25) is 0 Å². The van der Waals surface area contributed by atoms with E-state index in [2.05, 4.69) is 29.6 Å². The van der Waals surface area contributed by atoms with Crippen molar-refractivity contribution in [2.45, 2.75) is 26.4 Å².